The van der Waals surface area contributed by atoms with Crippen LogP contribution in [0.3, 0.4) is 0 Å². The molecule has 96 valence electrons. The maximum Gasteiger partial charge on any atom is 0.225 e. The van der Waals surface area contributed by atoms with Crippen LogP contribution in [0.2, 0.25) is 15.5 Å². The second kappa shape index (κ2) is 4.96. The van der Waals surface area contributed by atoms with Crippen LogP contribution in [0.25, 0.3) is 11.2 Å². The fraction of sp³-hybridized carbons (Fsp3) is 0.0833. The third-order valence-electron chi connectivity index (χ3n) is 2.69. The first-order chi connectivity index (χ1) is 9.15. The molecule has 0 amide bonds. The lowest BCUT2D eigenvalue weighted by molar-refractivity contribution is 0.813. The first-order valence-corrected chi connectivity index (χ1v) is 6.56. The molecule has 1 aromatic carbocycles. The summed E-state index contributed by atoms with van der Waals surface area (Å²) in [5.74, 6) is 0. The summed E-state index contributed by atoms with van der Waals surface area (Å²) >= 11 is 17.9. The summed E-state index contributed by atoms with van der Waals surface area (Å²) in [7, 11) is 0. The van der Waals surface area contributed by atoms with Crippen molar-refractivity contribution in [2.45, 2.75) is 6.54 Å². The maximum absolute atomic E-state index is 6.14. The third-order valence-corrected chi connectivity index (χ3v) is 3.49. The van der Waals surface area contributed by atoms with E-state index < -0.39 is 0 Å². The molecule has 0 saturated carbocycles. The molecule has 2 aromatic heterocycles. The molecule has 4 nitrogen and oxygen atoms in total. The van der Waals surface area contributed by atoms with Crippen molar-refractivity contribution in [2.75, 3.05) is 0 Å². The van der Waals surface area contributed by atoms with Crippen LogP contribution in [0.5, 0.6) is 0 Å². The Kier molecular flexibility index (Phi) is 3.31. The van der Waals surface area contributed by atoms with E-state index in [1.807, 2.05) is 28.8 Å². The fourth-order valence-corrected chi connectivity index (χ4v) is 2.43. The van der Waals surface area contributed by atoms with Crippen LogP contribution in [-0.4, -0.2) is 19.5 Å². The van der Waals surface area contributed by atoms with Gasteiger partial charge in [0.1, 0.15) is 5.52 Å². The Morgan fingerprint density at radius 1 is 1.05 bits per heavy atom. The van der Waals surface area contributed by atoms with E-state index >= 15 is 0 Å². The van der Waals surface area contributed by atoms with Crippen molar-refractivity contribution in [3.63, 3.8) is 0 Å². The van der Waals surface area contributed by atoms with Crippen LogP contribution >= 0.6 is 34.8 Å². The summed E-state index contributed by atoms with van der Waals surface area (Å²) in [6.45, 7) is 0.542. The summed E-state index contributed by atoms with van der Waals surface area (Å²) in [5.41, 5.74) is 2.08. The first kappa shape index (κ1) is 12.7. The lowest BCUT2D eigenvalue weighted by Crippen LogP contribution is -2.00. The van der Waals surface area contributed by atoms with Gasteiger partial charge in [-0.05, 0) is 23.2 Å². The Hall–Kier alpha value is -1.36. The van der Waals surface area contributed by atoms with E-state index in [-0.39, 0.29) is 10.4 Å². The molecule has 0 atom stereocenters. The number of halogens is 3. The number of fused-ring (bicyclic) bond motifs is 1. The minimum atomic E-state index is 0.0957. The van der Waals surface area contributed by atoms with Gasteiger partial charge in [-0.3, -0.25) is 0 Å². The summed E-state index contributed by atoms with van der Waals surface area (Å²) < 4.78 is 1.83. The smallest absolute Gasteiger partial charge is 0.225 e. The lowest BCUT2D eigenvalue weighted by Gasteiger charge is -2.06. The fourth-order valence-electron chi connectivity index (χ4n) is 1.81. The van der Waals surface area contributed by atoms with Crippen molar-refractivity contribution < 1.29 is 0 Å². The molecule has 0 aliphatic heterocycles. The van der Waals surface area contributed by atoms with Gasteiger partial charge in [0.15, 0.2) is 10.8 Å². The predicted molar refractivity (Wildman–Crippen MR) is 75.9 cm³/mol. The highest BCUT2D eigenvalue weighted by Gasteiger charge is 2.11. The molecule has 7 heteroatoms. The number of rotatable bonds is 2. The van der Waals surface area contributed by atoms with Crippen LogP contribution < -0.4 is 0 Å². The Balaban J connectivity index is 2.09. The minimum Gasteiger partial charge on any atom is -0.311 e. The van der Waals surface area contributed by atoms with E-state index in [0.717, 1.165) is 5.56 Å². The number of aromatic nitrogens is 4. The molecule has 19 heavy (non-hydrogen) atoms. The van der Waals surface area contributed by atoms with Gasteiger partial charge in [-0.2, -0.15) is 4.98 Å². The number of nitrogens with zero attached hydrogens (tertiary/aromatic N) is 4. The molecule has 0 unspecified atom stereocenters. The second-order valence-electron chi connectivity index (χ2n) is 3.92. The first-order valence-electron chi connectivity index (χ1n) is 5.42. The largest absolute Gasteiger partial charge is 0.311 e. The molecular formula is C12H7Cl3N4. The Labute approximate surface area is 124 Å². The van der Waals surface area contributed by atoms with Crippen LogP contribution in [0, 0.1) is 0 Å². The van der Waals surface area contributed by atoms with E-state index in [9.17, 15) is 0 Å². The highest BCUT2D eigenvalue weighted by Crippen LogP contribution is 2.23. The van der Waals surface area contributed by atoms with Crippen molar-refractivity contribution in [2.24, 2.45) is 0 Å². The zero-order chi connectivity index (χ0) is 13.4. The minimum absolute atomic E-state index is 0.0957. The van der Waals surface area contributed by atoms with Crippen molar-refractivity contribution in [1.82, 2.24) is 19.5 Å². The maximum atomic E-state index is 6.14. The predicted octanol–water partition coefficient (Wildman–Crippen LogP) is 3.83. The van der Waals surface area contributed by atoms with Gasteiger partial charge in [-0.15, -0.1) is 0 Å². The molecular weight excluding hydrogens is 307 g/mol. The summed E-state index contributed by atoms with van der Waals surface area (Å²) in [5, 5.41) is 1.03. The van der Waals surface area contributed by atoms with Crippen LogP contribution in [-0.2, 0) is 6.54 Å². The van der Waals surface area contributed by atoms with Gasteiger partial charge in [0.05, 0.1) is 12.9 Å². The Morgan fingerprint density at radius 2 is 1.84 bits per heavy atom. The SMILES string of the molecule is Clc1nc(Cl)c2ncn(Cc3ccccc3Cl)c2n1. The van der Waals surface area contributed by atoms with Crippen LogP contribution in [0.1, 0.15) is 5.56 Å². The normalized spacial score (nSPS) is 11.1. The zero-order valence-corrected chi connectivity index (χ0v) is 11.8. The average Bonchev–Trinajstić information content (AvgIpc) is 2.76. The van der Waals surface area contributed by atoms with Crippen molar-refractivity contribution in [1.29, 1.82) is 0 Å². The molecule has 0 bridgehead atoms. The second-order valence-corrected chi connectivity index (χ2v) is 5.02. The highest BCUT2D eigenvalue weighted by molar-refractivity contribution is 6.35. The molecule has 0 aliphatic rings. The van der Waals surface area contributed by atoms with Crippen LogP contribution in [0.4, 0.5) is 0 Å². The molecule has 3 aromatic rings. The number of hydrogen-bond acceptors (Lipinski definition) is 3. The molecule has 0 saturated heterocycles. The van der Waals surface area contributed by atoms with Crippen molar-refractivity contribution >= 4 is 46.0 Å². The highest BCUT2D eigenvalue weighted by atomic mass is 35.5. The topological polar surface area (TPSA) is 43.6 Å². The van der Waals surface area contributed by atoms with Gasteiger partial charge >= 0.3 is 0 Å². The molecule has 0 aliphatic carbocycles. The van der Waals surface area contributed by atoms with Gasteiger partial charge in [0.25, 0.3) is 0 Å². The van der Waals surface area contributed by atoms with Gasteiger partial charge in [0.2, 0.25) is 5.28 Å². The van der Waals surface area contributed by atoms with Crippen LogP contribution in [0.15, 0.2) is 30.6 Å². The average molecular weight is 314 g/mol. The van der Waals surface area contributed by atoms with Gasteiger partial charge in [-0.1, -0.05) is 41.4 Å². The molecule has 2 heterocycles. The summed E-state index contributed by atoms with van der Waals surface area (Å²) in [6.07, 6.45) is 1.64. The summed E-state index contributed by atoms with van der Waals surface area (Å²) in [4.78, 5) is 12.2. The monoisotopic (exact) mass is 312 g/mol. The van der Waals surface area contributed by atoms with E-state index in [1.165, 1.54) is 0 Å². The van der Waals surface area contributed by atoms with E-state index in [1.54, 1.807) is 6.33 Å². The number of benzene rings is 1. The van der Waals surface area contributed by atoms with Gasteiger partial charge < -0.3 is 4.57 Å². The lowest BCUT2D eigenvalue weighted by atomic mass is 10.2. The molecule has 0 spiro atoms. The van der Waals surface area contributed by atoms with Gasteiger partial charge in [-0.25, -0.2) is 9.97 Å². The zero-order valence-electron chi connectivity index (χ0n) is 9.52. The molecule has 3 rings (SSSR count). The number of imidazole rings is 1. The van der Waals surface area contributed by atoms with E-state index in [0.29, 0.717) is 22.7 Å². The molecule has 0 radical (unpaired) electrons. The standard InChI is InChI=1S/C12H7Cl3N4/c13-8-4-2-1-3-7(8)5-19-6-16-9-10(14)17-12(15)18-11(9)19/h1-4,6H,5H2. The van der Waals surface area contributed by atoms with E-state index in [2.05, 4.69) is 15.0 Å². The third kappa shape index (κ3) is 2.39. The van der Waals surface area contributed by atoms with Gasteiger partial charge in [0, 0.05) is 5.02 Å². The quantitative estimate of drug-likeness (QED) is 0.533. The van der Waals surface area contributed by atoms with E-state index in [4.69, 9.17) is 34.8 Å². The number of hydrogen-bond donors (Lipinski definition) is 0. The van der Waals surface area contributed by atoms with Crippen molar-refractivity contribution in [3.05, 3.63) is 51.6 Å². The van der Waals surface area contributed by atoms with Crippen molar-refractivity contribution in [3.8, 4) is 0 Å². The molecule has 0 fully saturated rings. The summed E-state index contributed by atoms with van der Waals surface area (Å²) in [6, 6.07) is 7.59. The Morgan fingerprint density at radius 3 is 2.63 bits per heavy atom. The Bertz CT molecular complexity index is 754. The molecule has 0 N–H and O–H groups in total.